The van der Waals surface area contributed by atoms with Gasteiger partial charge in [0.15, 0.2) is 0 Å². The minimum absolute atomic E-state index is 0.0853. The number of non-ortho nitro benzene ring substituents is 1. The lowest BCUT2D eigenvalue weighted by Crippen LogP contribution is -1.99. The molecule has 10 nitrogen and oxygen atoms in total. The highest BCUT2D eigenvalue weighted by Crippen LogP contribution is 2.35. The maximum absolute atomic E-state index is 12.1. The van der Waals surface area contributed by atoms with Crippen molar-refractivity contribution in [2.75, 3.05) is 0 Å². The first kappa shape index (κ1) is 20.2. The Balaban J connectivity index is 1.78. The van der Waals surface area contributed by atoms with Crippen molar-refractivity contribution in [3.63, 3.8) is 0 Å². The van der Waals surface area contributed by atoms with Crippen LogP contribution in [-0.4, -0.2) is 9.85 Å². The molecule has 0 unspecified atom stereocenters. The first-order valence-electron chi connectivity index (χ1n) is 9.05. The molecule has 0 aliphatic carbocycles. The van der Waals surface area contributed by atoms with Crippen LogP contribution in [-0.2, 0) is 0 Å². The van der Waals surface area contributed by atoms with E-state index in [-0.39, 0.29) is 34.0 Å². The Morgan fingerprint density at radius 3 is 2.31 bits per heavy atom. The second-order valence-electron chi connectivity index (χ2n) is 6.59. The number of ether oxygens (including phenoxy) is 1. The zero-order valence-electron chi connectivity index (χ0n) is 16.1. The van der Waals surface area contributed by atoms with Crippen molar-refractivity contribution in [2.24, 2.45) is 0 Å². The average molecular weight is 429 g/mol. The summed E-state index contributed by atoms with van der Waals surface area (Å²) in [7, 11) is 0. The molecule has 32 heavy (non-hydrogen) atoms. The highest BCUT2D eigenvalue weighted by atomic mass is 16.6. The highest BCUT2D eigenvalue weighted by molar-refractivity contribution is 5.94. The molecule has 0 aliphatic rings. The van der Waals surface area contributed by atoms with Crippen LogP contribution in [0.3, 0.4) is 0 Å². The van der Waals surface area contributed by atoms with Crippen LogP contribution in [0.4, 0.5) is 11.4 Å². The Labute approximate surface area is 178 Å². The summed E-state index contributed by atoms with van der Waals surface area (Å²) in [5.74, 6) is 0.0157. The van der Waals surface area contributed by atoms with E-state index in [1.165, 1.54) is 60.7 Å². The Kier molecular flexibility index (Phi) is 5.06. The molecule has 10 heteroatoms. The molecule has 0 bridgehead atoms. The molecule has 4 aromatic rings. The summed E-state index contributed by atoms with van der Waals surface area (Å²) in [5, 5.41) is 31.7. The predicted molar refractivity (Wildman–Crippen MR) is 112 cm³/mol. The standard InChI is InChI=1S/C22H11N3O7/c23-12-13-1-8-19(25(29)30)21(9-13)31-16-6-7-17-18(11-22(26)32-20(17)10-16)14-2-4-15(5-3-14)24(27)28/h1-11H. The van der Waals surface area contributed by atoms with Crippen LogP contribution in [0.25, 0.3) is 22.1 Å². The van der Waals surface area contributed by atoms with Gasteiger partial charge < -0.3 is 9.15 Å². The van der Waals surface area contributed by atoms with Crippen molar-refractivity contribution >= 4 is 22.3 Å². The summed E-state index contributed by atoms with van der Waals surface area (Å²) >= 11 is 0. The van der Waals surface area contributed by atoms with E-state index in [0.29, 0.717) is 16.5 Å². The number of hydrogen-bond donors (Lipinski definition) is 0. The Bertz CT molecular complexity index is 1480. The van der Waals surface area contributed by atoms with Crippen LogP contribution in [0.15, 0.2) is 75.9 Å². The maximum atomic E-state index is 12.1. The average Bonchev–Trinajstić information content (AvgIpc) is 2.78. The Morgan fingerprint density at radius 2 is 1.66 bits per heavy atom. The van der Waals surface area contributed by atoms with Gasteiger partial charge in [0.1, 0.15) is 11.3 Å². The SMILES string of the molecule is N#Cc1ccc([N+](=O)[O-])c(Oc2ccc3c(-c4ccc([N+](=O)[O-])cc4)cc(=O)oc3c2)c1. The number of hydrogen-bond acceptors (Lipinski definition) is 8. The number of fused-ring (bicyclic) bond motifs is 1. The largest absolute Gasteiger partial charge is 0.450 e. The summed E-state index contributed by atoms with van der Waals surface area (Å²) in [5.41, 5.74) is 0.332. The van der Waals surface area contributed by atoms with Gasteiger partial charge in [-0.15, -0.1) is 0 Å². The number of nitrogens with zero attached hydrogens (tertiary/aromatic N) is 3. The second-order valence-corrected chi connectivity index (χ2v) is 6.59. The zero-order valence-corrected chi connectivity index (χ0v) is 16.1. The first-order chi connectivity index (χ1) is 15.4. The van der Waals surface area contributed by atoms with Crippen molar-refractivity contribution < 1.29 is 19.0 Å². The fourth-order valence-corrected chi connectivity index (χ4v) is 3.15. The third kappa shape index (κ3) is 3.86. The molecular formula is C22H11N3O7. The molecule has 1 aromatic heterocycles. The van der Waals surface area contributed by atoms with Gasteiger partial charge in [0.25, 0.3) is 5.69 Å². The summed E-state index contributed by atoms with van der Waals surface area (Å²) < 4.78 is 10.9. The van der Waals surface area contributed by atoms with Crippen molar-refractivity contribution in [2.45, 2.75) is 0 Å². The molecule has 4 rings (SSSR count). The third-order valence-corrected chi connectivity index (χ3v) is 4.62. The van der Waals surface area contributed by atoms with Gasteiger partial charge in [-0.1, -0.05) is 0 Å². The zero-order chi connectivity index (χ0) is 22.8. The quantitative estimate of drug-likeness (QED) is 0.246. The van der Waals surface area contributed by atoms with E-state index < -0.39 is 15.5 Å². The summed E-state index contributed by atoms with van der Waals surface area (Å²) in [6.45, 7) is 0. The number of nitriles is 1. The second kappa shape index (κ2) is 8.00. The number of benzene rings is 3. The van der Waals surface area contributed by atoms with E-state index in [1.54, 1.807) is 6.07 Å². The molecule has 0 aliphatic heterocycles. The van der Waals surface area contributed by atoms with Crippen molar-refractivity contribution in [3.8, 4) is 28.7 Å². The van der Waals surface area contributed by atoms with Gasteiger partial charge >= 0.3 is 11.3 Å². The van der Waals surface area contributed by atoms with Gasteiger partial charge in [-0.2, -0.15) is 5.26 Å². The molecule has 0 radical (unpaired) electrons. The topological polar surface area (TPSA) is 150 Å². The van der Waals surface area contributed by atoms with Crippen LogP contribution in [0.2, 0.25) is 0 Å². The van der Waals surface area contributed by atoms with Crippen LogP contribution >= 0.6 is 0 Å². The van der Waals surface area contributed by atoms with E-state index in [9.17, 15) is 25.0 Å². The van der Waals surface area contributed by atoms with Crippen LogP contribution in [0.5, 0.6) is 11.5 Å². The summed E-state index contributed by atoms with van der Waals surface area (Å²) in [4.78, 5) is 33.1. The molecule has 0 N–H and O–H groups in total. The molecule has 0 amide bonds. The van der Waals surface area contributed by atoms with E-state index in [2.05, 4.69) is 0 Å². The Morgan fingerprint density at radius 1 is 0.906 bits per heavy atom. The molecule has 0 saturated heterocycles. The van der Waals surface area contributed by atoms with Crippen LogP contribution < -0.4 is 10.4 Å². The van der Waals surface area contributed by atoms with Gasteiger partial charge in [-0.3, -0.25) is 20.2 Å². The van der Waals surface area contributed by atoms with E-state index >= 15 is 0 Å². The summed E-state index contributed by atoms with van der Waals surface area (Å²) in [6.07, 6.45) is 0. The molecule has 0 saturated carbocycles. The lowest BCUT2D eigenvalue weighted by Gasteiger charge is -2.09. The molecule has 1 heterocycles. The smallest absolute Gasteiger partial charge is 0.336 e. The maximum Gasteiger partial charge on any atom is 0.336 e. The third-order valence-electron chi connectivity index (χ3n) is 4.62. The Hall–Kier alpha value is -5.04. The molecule has 0 fully saturated rings. The molecular weight excluding hydrogens is 418 g/mol. The lowest BCUT2D eigenvalue weighted by molar-refractivity contribution is -0.385. The van der Waals surface area contributed by atoms with Crippen molar-refractivity contribution in [3.05, 3.63) is 103 Å². The van der Waals surface area contributed by atoms with Crippen LogP contribution in [0, 0.1) is 31.6 Å². The highest BCUT2D eigenvalue weighted by Gasteiger charge is 2.18. The molecule has 0 atom stereocenters. The lowest BCUT2D eigenvalue weighted by atomic mass is 10.0. The number of nitro groups is 2. The molecule has 3 aromatic carbocycles. The van der Waals surface area contributed by atoms with Gasteiger partial charge in [0.05, 0.1) is 21.5 Å². The first-order valence-corrected chi connectivity index (χ1v) is 9.05. The van der Waals surface area contributed by atoms with Gasteiger partial charge in [-0.25, -0.2) is 4.79 Å². The van der Waals surface area contributed by atoms with Crippen molar-refractivity contribution in [1.82, 2.24) is 0 Å². The van der Waals surface area contributed by atoms with E-state index in [1.807, 2.05) is 6.07 Å². The number of rotatable bonds is 5. The molecule has 0 spiro atoms. The van der Waals surface area contributed by atoms with Crippen LogP contribution in [0.1, 0.15) is 5.56 Å². The van der Waals surface area contributed by atoms with Gasteiger partial charge in [0, 0.05) is 41.8 Å². The fraction of sp³-hybridized carbons (Fsp3) is 0. The van der Waals surface area contributed by atoms with E-state index in [4.69, 9.17) is 14.4 Å². The normalized spacial score (nSPS) is 10.5. The summed E-state index contributed by atoms with van der Waals surface area (Å²) in [6, 6.07) is 17.1. The van der Waals surface area contributed by atoms with E-state index in [0.717, 1.165) is 0 Å². The minimum atomic E-state index is -0.652. The molecule has 156 valence electrons. The minimum Gasteiger partial charge on any atom is -0.450 e. The predicted octanol–water partition coefficient (Wildman–Crippen LogP) is 4.94. The van der Waals surface area contributed by atoms with Gasteiger partial charge in [0.2, 0.25) is 5.75 Å². The monoisotopic (exact) mass is 429 g/mol. The number of nitro benzene ring substituents is 2. The fourth-order valence-electron chi connectivity index (χ4n) is 3.15. The van der Waals surface area contributed by atoms with Crippen molar-refractivity contribution in [1.29, 1.82) is 5.26 Å². The van der Waals surface area contributed by atoms with Gasteiger partial charge in [-0.05, 0) is 41.5 Å².